The van der Waals surface area contributed by atoms with Crippen LogP contribution in [0.5, 0.6) is 5.75 Å². The van der Waals surface area contributed by atoms with E-state index in [1.165, 1.54) is 6.33 Å². The van der Waals surface area contributed by atoms with Gasteiger partial charge in [-0.2, -0.15) is 0 Å². The number of rotatable bonds is 1. The Labute approximate surface area is 146 Å². The second-order valence-electron chi connectivity index (χ2n) is 7.36. The highest BCUT2D eigenvalue weighted by Gasteiger charge is 2.60. The van der Waals surface area contributed by atoms with E-state index in [1.54, 1.807) is 0 Å². The minimum absolute atomic E-state index is 0.220. The first kappa shape index (κ1) is 14.7. The first-order chi connectivity index (χ1) is 12.1. The molecular formula is C19H20N4O2. The molecule has 1 aromatic carbocycles. The largest absolute Gasteiger partial charge is 0.487 e. The van der Waals surface area contributed by atoms with E-state index in [2.05, 4.69) is 23.0 Å². The molecule has 2 aliphatic heterocycles. The van der Waals surface area contributed by atoms with E-state index in [0.29, 0.717) is 6.61 Å². The van der Waals surface area contributed by atoms with Gasteiger partial charge in [0.25, 0.3) is 6.02 Å². The van der Waals surface area contributed by atoms with Crippen LogP contribution in [0, 0.1) is 5.92 Å². The molecule has 0 bridgehead atoms. The lowest BCUT2D eigenvalue weighted by molar-refractivity contribution is -0.0210. The Hall–Kier alpha value is -2.63. The molecule has 1 saturated carbocycles. The first-order valence-corrected chi connectivity index (χ1v) is 8.68. The zero-order valence-corrected chi connectivity index (χ0v) is 14.1. The van der Waals surface area contributed by atoms with Crippen LogP contribution in [0.25, 0.3) is 11.1 Å². The van der Waals surface area contributed by atoms with Crippen molar-refractivity contribution in [3.8, 4) is 16.9 Å². The van der Waals surface area contributed by atoms with Gasteiger partial charge in [0, 0.05) is 29.4 Å². The normalized spacial score (nSPS) is 32.5. The van der Waals surface area contributed by atoms with E-state index in [0.717, 1.165) is 41.7 Å². The lowest BCUT2D eigenvalue weighted by Crippen LogP contribution is -2.52. The molecule has 3 atom stereocenters. The molecule has 128 valence electrons. The van der Waals surface area contributed by atoms with Crippen molar-refractivity contribution in [3.63, 3.8) is 0 Å². The van der Waals surface area contributed by atoms with Gasteiger partial charge in [-0.05, 0) is 43.9 Å². The summed E-state index contributed by atoms with van der Waals surface area (Å²) in [7, 11) is 0. The van der Waals surface area contributed by atoms with E-state index < -0.39 is 5.54 Å². The number of aromatic nitrogens is 2. The van der Waals surface area contributed by atoms with Crippen molar-refractivity contribution in [2.75, 3.05) is 6.61 Å². The molecular weight excluding hydrogens is 316 g/mol. The summed E-state index contributed by atoms with van der Waals surface area (Å²) in [5, 5.41) is 0. The van der Waals surface area contributed by atoms with Gasteiger partial charge in [-0.1, -0.05) is 6.07 Å². The predicted molar refractivity (Wildman–Crippen MR) is 93.1 cm³/mol. The summed E-state index contributed by atoms with van der Waals surface area (Å²) in [6.45, 7) is 2.67. The van der Waals surface area contributed by atoms with Crippen molar-refractivity contribution in [3.05, 3.63) is 42.5 Å². The number of fused-ring (bicyclic) bond motifs is 4. The highest BCUT2D eigenvalue weighted by atomic mass is 16.5. The minimum atomic E-state index is -0.464. The van der Waals surface area contributed by atoms with Gasteiger partial charge < -0.3 is 15.2 Å². The van der Waals surface area contributed by atoms with Crippen LogP contribution < -0.4 is 10.5 Å². The molecule has 0 radical (unpaired) electrons. The average molecular weight is 336 g/mol. The summed E-state index contributed by atoms with van der Waals surface area (Å²) >= 11 is 0. The van der Waals surface area contributed by atoms with Gasteiger partial charge in [0.05, 0.1) is 0 Å². The lowest BCUT2D eigenvalue weighted by Gasteiger charge is -2.47. The van der Waals surface area contributed by atoms with E-state index in [9.17, 15) is 0 Å². The Kier molecular flexibility index (Phi) is 2.90. The van der Waals surface area contributed by atoms with E-state index in [1.807, 2.05) is 24.5 Å². The third-order valence-corrected chi connectivity index (χ3v) is 5.91. The van der Waals surface area contributed by atoms with Crippen molar-refractivity contribution >= 4 is 6.02 Å². The number of hydrogen-bond acceptors (Lipinski definition) is 6. The van der Waals surface area contributed by atoms with Gasteiger partial charge in [0.1, 0.15) is 29.8 Å². The Balaban J connectivity index is 1.71. The molecule has 1 spiro atoms. The third-order valence-electron chi connectivity index (χ3n) is 5.91. The molecule has 0 saturated heterocycles. The van der Waals surface area contributed by atoms with Crippen molar-refractivity contribution in [2.45, 2.75) is 37.3 Å². The summed E-state index contributed by atoms with van der Waals surface area (Å²) < 4.78 is 12.1. The maximum Gasteiger partial charge on any atom is 0.283 e. The third kappa shape index (κ3) is 2.00. The monoisotopic (exact) mass is 336 g/mol. The molecule has 2 N–H and O–H groups in total. The fourth-order valence-corrected chi connectivity index (χ4v) is 4.79. The van der Waals surface area contributed by atoms with E-state index in [4.69, 9.17) is 20.2 Å². The van der Waals surface area contributed by atoms with Gasteiger partial charge in [-0.3, -0.25) is 0 Å². The van der Waals surface area contributed by atoms with Gasteiger partial charge in [-0.15, -0.1) is 0 Å². The maximum absolute atomic E-state index is 6.46. The molecule has 1 unspecified atom stereocenters. The van der Waals surface area contributed by atoms with Crippen molar-refractivity contribution in [1.82, 2.24) is 9.97 Å². The highest BCUT2D eigenvalue weighted by Crippen LogP contribution is 2.58. The molecule has 1 aliphatic carbocycles. The number of amidine groups is 1. The molecule has 3 aliphatic rings. The van der Waals surface area contributed by atoms with E-state index in [-0.39, 0.29) is 17.5 Å². The Morgan fingerprint density at radius 1 is 1.20 bits per heavy atom. The molecule has 1 aromatic heterocycles. The minimum Gasteiger partial charge on any atom is -0.487 e. The second-order valence-corrected chi connectivity index (χ2v) is 7.36. The van der Waals surface area contributed by atoms with Crippen LogP contribution in [-0.4, -0.2) is 28.2 Å². The molecule has 25 heavy (non-hydrogen) atoms. The molecule has 6 nitrogen and oxygen atoms in total. The number of ether oxygens (including phenoxy) is 2. The van der Waals surface area contributed by atoms with Gasteiger partial charge in [0.15, 0.2) is 0 Å². The smallest absolute Gasteiger partial charge is 0.283 e. The summed E-state index contributed by atoms with van der Waals surface area (Å²) in [6.07, 6.45) is 8.39. The zero-order valence-electron chi connectivity index (χ0n) is 14.1. The van der Waals surface area contributed by atoms with Crippen LogP contribution in [0.15, 0.2) is 41.9 Å². The standard InChI is InChI=1S/C19H20N4O2/c1-18-6-2-3-16(18)19(10-24-17(20)23-19)14-7-12(4-5-15(14)25-18)13-8-21-11-22-9-13/h4-5,7-9,11,16H,2-3,6,10H2,1H3,(H2,20,23)/t16?,18-,19+/m0/s1. The van der Waals surface area contributed by atoms with Crippen LogP contribution in [-0.2, 0) is 10.3 Å². The molecule has 1 fully saturated rings. The topological polar surface area (TPSA) is 82.6 Å². The quantitative estimate of drug-likeness (QED) is 0.865. The van der Waals surface area contributed by atoms with Gasteiger partial charge >= 0.3 is 0 Å². The van der Waals surface area contributed by atoms with Gasteiger partial charge in [-0.25, -0.2) is 15.0 Å². The van der Waals surface area contributed by atoms with Crippen LogP contribution in [0.3, 0.4) is 0 Å². The Bertz CT molecular complexity index is 869. The molecule has 0 amide bonds. The molecule has 2 aromatic rings. The van der Waals surface area contributed by atoms with Crippen LogP contribution in [0.2, 0.25) is 0 Å². The lowest BCUT2D eigenvalue weighted by atomic mass is 9.69. The average Bonchev–Trinajstić information content (AvgIpc) is 3.20. The number of hydrogen-bond donors (Lipinski definition) is 1. The van der Waals surface area contributed by atoms with Crippen LogP contribution in [0.4, 0.5) is 0 Å². The Morgan fingerprint density at radius 2 is 2.04 bits per heavy atom. The second kappa shape index (κ2) is 4.94. The predicted octanol–water partition coefficient (Wildman–Crippen LogP) is 2.64. The SMILES string of the molecule is C[C@]12CCCC1[C@@]1(COC(N)=N1)c1cc(-c3cncnc3)ccc1O2. The van der Waals surface area contributed by atoms with Crippen LogP contribution >= 0.6 is 0 Å². The maximum atomic E-state index is 6.46. The van der Waals surface area contributed by atoms with Crippen molar-refractivity contribution in [2.24, 2.45) is 16.6 Å². The summed E-state index contributed by atoms with van der Waals surface area (Å²) in [5.41, 5.74) is 8.32. The molecule has 5 rings (SSSR count). The first-order valence-electron chi connectivity index (χ1n) is 8.68. The van der Waals surface area contributed by atoms with Crippen molar-refractivity contribution < 1.29 is 9.47 Å². The van der Waals surface area contributed by atoms with Crippen LogP contribution in [0.1, 0.15) is 31.7 Å². The molecule has 6 heteroatoms. The number of benzene rings is 1. The van der Waals surface area contributed by atoms with Gasteiger partial charge in [0.2, 0.25) is 0 Å². The highest BCUT2D eigenvalue weighted by molar-refractivity contribution is 5.75. The Morgan fingerprint density at radius 3 is 2.80 bits per heavy atom. The fraction of sp³-hybridized carbons (Fsp3) is 0.421. The number of nitrogens with zero attached hydrogens (tertiary/aromatic N) is 3. The summed E-state index contributed by atoms with van der Waals surface area (Å²) in [6, 6.07) is 6.49. The fourth-order valence-electron chi connectivity index (χ4n) is 4.79. The summed E-state index contributed by atoms with van der Waals surface area (Å²) in [5.74, 6) is 1.14. The zero-order chi connectivity index (χ0) is 17.1. The summed E-state index contributed by atoms with van der Waals surface area (Å²) in [4.78, 5) is 13.1. The number of aliphatic imine (C=N–C) groups is 1. The van der Waals surface area contributed by atoms with Crippen molar-refractivity contribution in [1.29, 1.82) is 0 Å². The molecule has 3 heterocycles. The van der Waals surface area contributed by atoms with E-state index >= 15 is 0 Å². The number of nitrogens with two attached hydrogens (primary N) is 1.